The van der Waals surface area contributed by atoms with E-state index in [9.17, 15) is 0 Å². The first-order valence-electron chi connectivity index (χ1n) is 21.0. The standard InChI is InChI=1S/C59H38N2/c1-3-16-39(17-4-1)41-30-34-43(35-31-41)55-38-56(44-36-32-42(33-37-44)40-18-5-2-6-19-40)61-58(60-55)50-25-15-29-54-57(50)49-24-11-14-28-53(49)59(54)51-26-12-9-22-47(51)45-20-7-8-21-46(45)48-23-10-13-27-52(48)59/h1-38H. The van der Waals surface area contributed by atoms with E-state index in [1.165, 1.54) is 77.9 Å². The summed E-state index contributed by atoms with van der Waals surface area (Å²) >= 11 is 0. The molecule has 9 aromatic carbocycles. The molecule has 1 heterocycles. The van der Waals surface area contributed by atoms with Crippen molar-refractivity contribution in [2.75, 3.05) is 0 Å². The second-order valence-electron chi connectivity index (χ2n) is 16.0. The molecule has 2 nitrogen and oxygen atoms in total. The Morgan fingerprint density at radius 1 is 0.246 bits per heavy atom. The van der Waals surface area contributed by atoms with Gasteiger partial charge in [0, 0.05) is 16.7 Å². The van der Waals surface area contributed by atoms with Gasteiger partial charge in [-0.15, -0.1) is 0 Å². The summed E-state index contributed by atoms with van der Waals surface area (Å²) in [7, 11) is 0. The molecule has 0 atom stereocenters. The monoisotopic (exact) mass is 774 g/mol. The first-order chi connectivity index (χ1) is 30.3. The molecule has 0 N–H and O–H groups in total. The first kappa shape index (κ1) is 35.0. The second-order valence-corrected chi connectivity index (χ2v) is 16.0. The van der Waals surface area contributed by atoms with E-state index in [4.69, 9.17) is 9.97 Å². The van der Waals surface area contributed by atoms with Crippen LogP contribution in [0, 0.1) is 0 Å². The second kappa shape index (κ2) is 14.1. The number of hydrogen-bond acceptors (Lipinski definition) is 2. The van der Waals surface area contributed by atoms with Crippen molar-refractivity contribution in [1.29, 1.82) is 0 Å². The third-order valence-corrected chi connectivity index (χ3v) is 12.8. The van der Waals surface area contributed by atoms with E-state index >= 15 is 0 Å². The van der Waals surface area contributed by atoms with Gasteiger partial charge in [-0.3, -0.25) is 0 Å². The van der Waals surface area contributed by atoms with Gasteiger partial charge in [0.2, 0.25) is 0 Å². The summed E-state index contributed by atoms with van der Waals surface area (Å²) in [5.74, 6) is 0.703. The fourth-order valence-electron chi connectivity index (χ4n) is 10.1. The molecule has 0 saturated heterocycles. The van der Waals surface area contributed by atoms with Gasteiger partial charge < -0.3 is 0 Å². The summed E-state index contributed by atoms with van der Waals surface area (Å²) in [6.07, 6.45) is 0. The van der Waals surface area contributed by atoms with Gasteiger partial charge in [-0.05, 0) is 84.0 Å². The highest BCUT2D eigenvalue weighted by molar-refractivity contribution is 6.00. The van der Waals surface area contributed by atoms with Crippen LogP contribution in [0.25, 0.3) is 89.5 Å². The van der Waals surface area contributed by atoms with Crippen LogP contribution in [0.15, 0.2) is 231 Å². The fourth-order valence-corrected chi connectivity index (χ4v) is 10.1. The minimum Gasteiger partial charge on any atom is -0.228 e. The Kier molecular flexibility index (Phi) is 8.11. The summed E-state index contributed by atoms with van der Waals surface area (Å²) in [6, 6.07) is 83.5. The predicted molar refractivity (Wildman–Crippen MR) is 251 cm³/mol. The highest BCUT2D eigenvalue weighted by atomic mass is 14.9. The molecule has 2 heteroatoms. The molecular weight excluding hydrogens is 737 g/mol. The molecule has 2 aliphatic rings. The van der Waals surface area contributed by atoms with E-state index < -0.39 is 5.41 Å². The average molecular weight is 775 g/mol. The van der Waals surface area contributed by atoms with Crippen LogP contribution in [0.1, 0.15) is 22.3 Å². The molecule has 0 amide bonds. The normalized spacial score (nSPS) is 12.7. The number of nitrogens with zero attached hydrogens (tertiary/aromatic N) is 2. The third kappa shape index (κ3) is 5.50. The Labute approximate surface area is 356 Å². The van der Waals surface area contributed by atoms with Gasteiger partial charge in [-0.25, -0.2) is 9.97 Å². The van der Waals surface area contributed by atoms with Gasteiger partial charge in [0.15, 0.2) is 5.82 Å². The number of aromatic nitrogens is 2. The third-order valence-electron chi connectivity index (χ3n) is 12.8. The molecule has 0 unspecified atom stereocenters. The summed E-state index contributed by atoms with van der Waals surface area (Å²) in [5.41, 5.74) is 21.5. The van der Waals surface area contributed by atoms with E-state index in [1.807, 2.05) is 0 Å². The Bertz CT molecular complexity index is 3110. The number of benzene rings is 9. The largest absolute Gasteiger partial charge is 0.228 e. The molecule has 61 heavy (non-hydrogen) atoms. The zero-order valence-corrected chi connectivity index (χ0v) is 33.3. The minimum atomic E-state index is -0.588. The van der Waals surface area contributed by atoms with E-state index in [1.54, 1.807) is 0 Å². The molecular formula is C59H38N2. The van der Waals surface area contributed by atoms with Gasteiger partial charge >= 0.3 is 0 Å². The van der Waals surface area contributed by atoms with Gasteiger partial charge in [-0.1, -0.05) is 224 Å². The molecule has 0 aliphatic heterocycles. The molecule has 284 valence electrons. The van der Waals surface area contributed by atoms with Crippen LogP contribution in [-0.2, 0) is 5.41 Å². The Hall–Kier alpha value is -7.94. The van der Waals surface area contributed by atoms with Crippen LogP contribution in [0.3, 0.4) is 0 Å². The fraction of sp³-hybridized carbons (Fsp3) is 0.0169. The molecule has 0 saturated carbocycles. The zero-order valence-electron chi connectivity index (χ0n) is 33.3. The maximum Gasteiger partial charge on any atom is 0.161 e. The topological polar surface area (TPSA) is 25.8 Å². The molecule has 2 aliphatic carbocycles. The Balaban J connectivity index is 1.10. The number of hydrogen-bond donors (Lipinski definition) is 0. The van der Waals surface area contributed by atoms with Gasteiger partial charge in [0.05, 0.1) is 16.8 Å². The van der Waals surface area contributed by atoms with Crippen LogP contribution >= 0.6 is 0 Å². The predicted octanol–water partition coefficient (Wildman–Crippen LogP) is 14.8. The minimum absolute atomic E-state index is 0.588. The summed E-state index contributed by atoms with van der Waals surface area (Å²) in [4.78, 5) is 11.0. The van der Waals surface area contributed by atoms with Crippen LogP contribution in [-0.4, -0.2) is 9.97 Å². The van der Waals surface area contributed by atoms with Crippen molar-refractivity contribution in [3.8, 4) is 89.5 Å². The number of fused-ring (bicyclic) bond motifs is 12. The van der Waals surface area contributed by atoms with E-state index in [0.717, 1.165) is 28.1 Å². The lowest BCUT2D eigenvalue weighted by atomic mass is 9.66. The van der Waals surface area contributed by atoms with E-state index in [-0.39, 0.29) is 0 Å². The molecule has 1 aromatic heterocycles. The SMILES string of the molecule is c1ccc(-c2ccc(-c3cc(-c4ccc(-c5ccccc5)cc4)nc(-c4cccc5c4-c4ccccc4C54c5ccccc5-c5ccccc5-c5ccccc54)n3)cc2)cc1. The summed E-state index contributed by atoms with van der Waals surface area (Å²) < 4.78 is 0. The molecule has 0 radical (unpaired) electrons. The smallest absolute Gasteiger partial charge is 0.161 e. The molecule has 0 bridgehead atoms. The van der Waals surface area contributed by atoms with E-state index in [2.05, 4.69) is 231 Å². The van der Waals surface area contributed by atoms with E-state index in [0.29, 0.717) is 5.82 Å². The average Bonchev–Trinajstić information content (AvgIpc) is 3.59. The van der Waals surface area contributed by atoms with Crippen molar-refractivity contribution in [3.63, 3.8) is 0 Å². The summed E-state index contributed by atoms with van der Waals surface area (Å²) in [6.45, 7) is 0. The molecule has 1 spiro atoms. The quantitative estimate of drug-likeness (QED) is 0.174. The lowest BCUT2D eigenvalue weighted by Gasteiger charge is -2.35. The summed E-state index contributed by atoms with van der Waals surface area (Å²) in [5, 5.41) is 0. The van der Waals surface area contributed by atoms with Crippen LogP contribution in [0.4, 0.5) is 0 Å². The lowest BCUT2D eigenvalue weighted by Crippen LogP contribution is -2.29. The van der Waals surface area contributed by atoms with Gasteiger partial charge in [-0.2, -0.15) is 0 Å². The van der Waals surface area contributed by atoms with Crippen molar-refractivity contribution < 1.29 is 0 Å². The van der Waals surface area contributed by atoms with Crippen LogP contribution in [0.5, 0.6) is 0 Å². The van der Waals surface area contributed by atoms with Gasteiger partial charge in [0.25, 0.3) is 0 Å². The van der Waals surface area contributed by atoms with Crippen molar-refractivity contribution in [2.24, 2.45) is 0 Å². The maximum absolute atomic E-state index is 5.48. The van der Waals surface area contributed by atoms with Crippen molar-refractivity contribution >= 4 is 0 Å². The Morgan fingerprint density at radius 2 is 0.590 bits per heavy atom. The highest BCUT2D eigenvalue weighted by Crippen LogP contribution is 2.62. The van der Waals surface area contributed by atoms with Crippen molar-refractivity contribution in [1.82, 2.24) is 9.97 Å². The molecule has 0 fully saturated rings. The molecule has 10 aromatic rings. The van der Waals surface area contributed by atoms with Gasteiger partial charge in [0.1, 0.15) is 0 Å². The highest BCUT2D eigenvalue weighted by Gasteiger charge is 2.50. The molecule has 12 rings (SSSR count). The van der Waals surface area contributed by atoms with Crippen molar-refractivity contribution in [2.45, 2.75) is 5.41 Å². The van der Waals surface area contributed by atoms with Crippen LogP contribution < -0.4 is 0 Å². The maximum atomic E-state index is 5.48. The zero-order chi connectivity index (χ0) is 40.3. The van der Waals surface area contributed by atoms with Crippen LogP contribution in [0.2, 0.25) is 0 Å². The lowest BCUT2D eigenvalue weighted by molar-refractivity contribution is 0.775. The Morgan fingerprint density at radius 3 is 1.08 bits per heavy atom. The first-order valence-corrected chi connectivity index (χ1v) is 21.0. The van der Waals surface area contributed by atoms with Crippen molar-refractivity contribution in [3.05, 3.63) is 253 Å². The number of rotatable bonds is 5.